The Labute approximate surface area is 207 Å². The van der Waals surface area contributed by atoms with Crippen LogP contribution in [0.5, 0.6) is 0 Å². The number of allylic oxidation sites excluding steroid dienone is 2. The maximum absolute atomic E-state index is 11.2. The molecule has 0 saturated heterocycles. The van der Waals surface area contributed by atoms with Crippen molar-refractivity contribution < 1.29 is 22.1 Å². The first-order valence-electron chi connectivity index (χ1n) is 11.1. The van der Waals surface area contributed by atoms with E-state index in [0.717, 1.165) is 50.6 Å². The molecular formula is C30H27ClN2O. The maximum atomic E-state index is 11.2. The molecule has 34 heavy (non-hydrogen) atoms. The molecule has 2 heterocycles. The Balaban J connectivity index is 0.00000274. The molecule has 0 amide bonds. The second-order valence-corrected chi connectivity index (χ2v) is 8.57. The molecule has 5 rings (SSSR count). The van der Waals surface area contributed by atoms with Crippen LogP contribution in [0.3, 0.4) is 0 Å². The molecule has 3 aromatic carbocycles. The Morgan fingerprint density at radius 3 is 1.85 bits per heavy atom. The lowest BCUT2D eigenvalue weighted by atomic mass is 10.0. The minimum Gasteiger partial charge on any atom is -1.00 e. The number of fused-ring (bicyclic) bond motifs is 1. The average Bonchev–Trinajstić information content (AvgIpc) is 3.09. The van der Waals surface area contributed by atoms with Gasteiger partial charge in [0.1, 0.15) is 0 Å². The molecule has 0 fully saturated rings. The zero-order valence-corrected chi connectivity index (χ0v) is 20.3. The first kappa shape index (κ1) is 23.3. The average molecular weight is 467 g/mol. The van der Waals surface area contributed by atoms with Gasteiger partial charge in [-0.25, -0.2) is 0 Å². The van der Waals surface area contributed by atoms with Gasteiger partial charge < -0.3 is 22.4 Å². The van der Waals surface area contributed by atoms with Gasteiger partial charge in [0.2, 0.25) is 11.4 Å². The van der Waals surface area contributed by atoms with Crippen LogP contribution in [0.1, 0.15) is 18.2 Å². The number of nitrogens with zero attached hydrogens (tertiary/aromatic N) is 2. The predicted molar refractivity (Wildman–Crippen MR) is 138 cm³/mol. The van der Waals surface area contributed by atoms with E-state index in [9.17, 15) is 5.11 Å². The number of aliphatic hydroxyl groups is 1. The van der Waals surface area contributed by atoms with Crippen molar-refractivity contribution in [2.24, 2.45) is 0 Å². The highest BCUT2D eigenvalue weighted by molar-refractivity contribution is 5.88. The number of rotatable bonds is 4. The van der Waals surface area contributed by atoms with E-state index >= 15 is 0 Å². The standard InChI is InChI=1S/C30H26N2O.ClH/c1-21-27-19-25(23-10-6-4-7-11-23)20-28(24-12-8-5-9-13-24)32(27)29(30(21)33)18-22-14-16-26(17-15-22)31(2)3;/h4-20H,1-3H3;1H/b29-18+;. The third-order valence-electron chi connectivity index (χ3n) is 6.18. The molecule has 1 aromatic heterocycles. The smallest absolute Gasteiger partial charge is 0.254 e. The molecule has 3 nitrogen and oxygen atoms in total. The Bertz CT molecular complexity index is 1370. The van der Waals surface area contributed by atoms with Gasteiger partial charge in [-0.05, 0) is 47.9 Å². The zero-order chi connectivity index (χ0) is 22.9. The van der Waals surface area contributed by atoms with Crippen molar-refractivity contribution in [1.29, 1.82) is 0 Å². The van der Waals surface area contributed by atoms with E-state index in [4.69, 9.17) is 0 Å². The molecule has 1 aliphatic heterocycles. The van der Waals surface area contributed by atoms with Crippen molar-refractivity contribution in [3.8, 4) is 22.4 Å². The van der Waals surface area contributed by atoms with Crippen LogP contribution in [0.4, 0.5) is 5.69 Å². The molecule has 0 saturated carbocycles. The predicted octanol–water partition coefficient (Wildman–Crippen LogP) is 3.68. The summed E-state index contributed by atoms with van der Waals surface area (Å²) in [4.78, 5) is 2.08. The molecule has 1 N–H and O–H groups in total. The van der Waals surface area contributed by atoms with E-state index < -0.39 is 0 Å². The quantitative estimate of drug-likeness (QED) is 0.465. The van der Waals surface area contributed by atoms with E-state index in [1.807, 2.05) is 33.2 Å². The largest absolute Gasteiger partial charge is 1.00 e. The topological polar surface area (TPSA) is 27.3 Å². The number of benzene rings is 3. The number of pyridine rings is 1. The lowest BCUT2D eigenvalue weighted by molar-refractivity contribution is -0.566. The number of hydrogen-bond donors (Lipinski definition) is 1. The monoisotopic (exact) mass is 466 g/mol. The van der Waals surface area contributed by atoms with Crippen LogP contribution in [-0.2, 0) is 0 Å². The third kappa shape index (κ3) is 4.23. The van der Waals surface area contributed by atoms with Crippen LogP contribution in [0, 0.1) is 0 Å². The summed E-state index contributed by atoms with van der Waals surface area (Å²) in [6, 6.07) is 33.5. The molecule has 4 heteroatoms. The Hall–Kier alpha value is -3.82. The van der Waals surface area contributed by atoms with Crippen molar-refractivity contribution in [3.63, 3.8) is 0 Å². The molecule has 0 aliphatic carbocycles. The number of aliphatic hydroxyl groups excluding tert-OH is 1. The number of hydrogen-bond acceptors (Lipinski definition) is 2. The van der Waals surface area contributed by atoms with Gasteiger partial charge >= 0.3 is 0 Å². The number of halogens is 1. The minimum absolute atomic E-state index is 0. The van der Waals surface area contributed by atoms with Crippen LogP contribution in [0.25, 0.3) is 39.7 Å². The summed E-state index contributed by atoms with van der Waals surface area (Å²) in [7, 11) is 4.07. The fourth-order valence-corrected chi connectivity index (χ4v) is 4.33. The highest BCUT2D eigenvalue weighted by Gasteiger charge is 2.36. The van der Waals surface area contributed by atoms with Gasteiger partial charge in [-0.15, -0.1) is 4.57 Å². The zero-order valence-electron chi connectivity index (χ0n) is 19.5. The van der Waals surface area contributed by atoms with E-state index in [1.165, 1.54) is 0 Å². The summed E-state index contributed by atoms with van der Waals surface area (Å²) in [6.07, 6.45) is 2.06. The van der Waals surface area contributed by atoms with E-state index in [1.54, 1.807) is 0 Å². The van der Waals surface area contributed by atoms with E-state index in [0.29, 0.717) is 5.76 Å². The van der Waals surface area contributed by atoms with Crippen molar-refractivity contribution in [2.45, 2.75) is 6.92 Å². The summed E-state index contributed by atoms with van der Waals surface area (Å²) < 4.78 is 2.17. The van der Waals surface area contributed by atoms with Crippen LogP contribution >= 0.6 is 0 Å². The van der Waals surface area contributed by atoms with Gasteiger partial charge in [0.15, 0.2) is 5.76 Å². The van der Waals surface area contributed by atoms with Crippen LogP contribution < -0.4 is 21.9 Å². The number of aromatic nitrogens is 1. The lowest BCUT2D eigenvalue weighted by Crippen LogP contribution is -3.00. The fourth-order valence-electron chi connectivity index (χ4n) is 4.33. The minimum atomic E-state index is 0. The normalized spacial score (nSPS) is 13.6. The molecule has 0 atom stereocenters. The molecule has 4 aromatic rings. The molecule has 0 bridgehead atoms. The van der Waals surface area contributed by atoms with Crippen LogP contribution in [0.2, 0.25) is 0 Å². The molecular weight excluding hydrogens is 440 g/mol. The van der Waals surface area contributed by atoms with Gasteiger partial charge in [-0.2, -0.15) is 0 Å². The molecule has 170 valence electrons. The summed E-state index contributed by atoms with van der Waals surface area (Å²) in [5, 5.41) is 11.2. The highest BCUT2D eigenvalue weighted by atomic mass is 35.5. The van der Waals surface area contributed by atoms with Crippen molar-refractivity contribution >= 4 is 23.0 Å². The molecule has 0 spiro atoms. The van der Waals surface area contributed by atoms with Crippen molar-refractivity contribution in [3.05, 3.63) is 114 Å². The van der Waals surface area contributed by atoms with Gasteiger partial charge in [0.05, 0.1) is 5.57 Å². The SMILES string of the molecule is CC1=C(O)/C(=C\c2ccc(N(C)C)cc2)[n+]2c1cc(-c1ccccc1)cc2-c1ccccc1.[Cl-]. The van der Waals surface area contributed by atoms with Gasteiger partial charge in [0, 0.05) is 43.6 Å². The summed E-state index contributed by atoms with van der Waals surface area (Å²) in [5.41, 5.74) is 9.29. The first-order chi connectivity index (χ1) is 16.0. The van der Waals surface area contributed by atoms with Gasteiger partial charge in [0.25, 0.3) is 5.70 Å². The first-order valence-corrected chi connectivity index (χ1v) is 11.1. The van der Waals surface area contributed by atoms with Crippen molar-refractivity contribution in [2.75, 3.05) is 19.0 Å². The van der Waals surface area contributed by atoms with Crippen LogP contribution in [-0.4, -0.2) is 19.2 Å². The Morgan fingerprint density at radius 2 is 1.26 bits per heavy atom. The highest BCUT2D eigenvalue weighted by Crippen LogP contribution is 2.35. The maximum Gasteiger partial charge on any atom is 0.254 e. The van der Waals surface area contributed by atoms with E-state index in [2.05, 4.69) is 100 Å². The second-order valence-electron chi connectivity index (χ2n) is 8.57. The third-order valence-corrected chi connectivity index (χ3v) is 6.18. The molecule has 1 aliphatic rings. The van der Waals surface area contributed by atoms with Gasteiger partial charge in [-0.3, -0.25) is 0 Å². The lowest BCUT2D eigenvalue weighted by Gasteiger charge is -2.12. The summed E-state index contributed by atoms with van der Waals surface area (Å²) in [5.74, 6) is 0.314. The fraction of sp³-hybridized carbons (Fsp3) is 0.100. The Kier molecular flexibility index (Phi) is 6.58. The summed E-state index contributed by atoms with van der Waals surface area (Å²) in [6.45, 7) is 1.99. The Morgan fingerprint density at radius 1 is 0.706 bits per heavy atom. The molecule has 0 radical (unpaired) electrons. The second kappa shape index (κ2) is 9.58. The van der Waals surface area contributed by atoms with Crippen molar-refractivity contribution in [1.82, 2.24) is 0 Å². The number of anilines is 1. The van der Waals surface area contributed by atoms with Gasteiger partial charge in [-0.1, -0.05) is 60.7 Å². The van der Waals surface area contributed by atoms with Crippen LogP contribution in [0.15, 0.2) is 103 Å². The molecule has 0 unspecified atom stereocenters. The summed E-state index contributed by atoms with van der Waals surface area (Å²) >= 11 is 0. The van der Waals surface area contributed by atoms with E-state index in [-0.39, 0.29) is 12.4 Å².